The number of nitro groups is 1. The number of hydrogen-bond acceptors (Lipinski definition) is 6. The molecule has 0 aliphatic rings. The molecule has 0 aliphatic heterocycles. The van der Waals surface area contributed by atoms with Crippen molar-refractivity contribution in [3.05, 3.63) is 58.4 Å². The molecule has 2 rings (SSSR count). The SMILES string of the molecule is C=CCCC(NC(=O)c1nnn(-c2cccc([N+](=O)[O-])c2)c1C)C(=O)O. The first kappa shape index (κ1) is 18.8. The first-order valence-electron chi connectivity index (χ1n) is 7.66. The lowest BCUT2D eigenvalue weighted by molar-refractivity contribution is -0.384. The van der Waals surface area contributed by atoms with E-state index in [-0.39, 0.29) is 17.8 Å². The Morgan fingerprint density at radius 1 is 1.50 bits per heavy atom. The predicted octanol–water partition coefficient (Wildman–Crippen LogP) is 1.63. The summed E-state index contributed by atoms with van der Waals surface area (Å²) in [6.07, 6.45) is 2.19. The van der Waals surface area contributed by atoms with E-state index in [0.29, 0.717) is 17.8 Å². The number of amides is 1. The van der Waals surface area contributed by atoms with Crippen molar-refractivity contribution in [1.29, 1.82) is 0 Å². The lowest BCUT2D eigenvalue weighted by Gasteiger charge is -2.12. The van der Waals surface area contributed by atoms with E-state index in [0.717, 1.165) is 0 Å². The molecule has 1 aromatic carbocycles. The summed E-state index contributed by atoms with van der Waals surface area (Å²) in [4.78, 5) is 33.9. The fourth-order valence-electron chi connectivity index (χ4n) is 2.29. The van der Waals surface area contributed by atoms with Gasteiger partial charge in [0.25, 0.3) is 11.6 Å². The zero-order valence-electron chi connectivity index (χ0n) is 14.0. The molecule has 0 saturated carbocycles. The van der Waals surface area contributed by atoms with E-state index < -0.39 is 22.8 Å². The molecule has 0 aliphatic carbocycles. The van der Waals surface area contributed by atoms with E-state index in [1.54, 1.807) is 19.1 Å². The van der Waals surface area contributed by atoms with Gasteiger partial charge in [0.1, 0.15) is 6.04 Å². The quantitative estimate of drug-likeness (QED) is 0.414. The maximum absolute atomic E-state index is 12.3. The van der Waals surface area contributed by atoms with Crippen LogP contribution in [0.5, 0.6) is 0 Å². The van der Waals surface area contributed by atoms with Gasteiger partial charge in [0, 0.05) is 12.1 Å². The van der Waals surface area contributed by atoms with Crippen LogP contribution in [0.1, 0.15) is 29.0 Å². The number of aliphatic carboxylic acids is 1. The number of carboxylic acid groups (broad SMARTS) is 1. The van der Waals surface area contributed by atoms with Gasteiger partial charge in [-0.2, -0.15) is 0 Å². The zero-order chi connectivity index (χ0) is 19.3. The number of carbonyl (C=O) groups excluding carboxylic acids is 1. The third-order valence-corrected chi connectivity index (χ3v) is 3.66. The predicted molar refractivity (Wildman–Crippen MR) is 91.1 cm³/mol. The van der Waals surface area contributed by atoms with Gasteiger partial charge in [-0.3, -0.25) is 14.9 Å². The number of hydrogen-bond donors (Lipinski definition) is 2. The van der Waals surface area contributed by atoms with Crippen LogP contribution >= 0.6 is 0 Å². The molecule has 0 radical (unpaired) electrons. The first-order chi connectivity index (χ1) is 12.3. The number of benzene rings is 1. The number of nitrogens with one attached hydrogen (secondary N) is 1. The van der Waals surface area contributed by atoms with E-state index in [4.69, 9.17) is 0 Å². The second-order valence-corrected chi connectivity index (χ2v) is 5.44. The average Bonchev–Trinajstić information content (AvgIpc) is 2.99. The van der Waals surface area contributed by atoms with Gasteiger partial charge in [0.2, 0.25) is 0 Å². The lowest BCUT2D eigenvalue weighted by atomic mass is 10.1. The minimum Gasteiger partial charge on any atom is -0.480 e. The Morgan fingerprint density at radius 2 is 2.23 bits per heavy atom. The van der Waals surface area contributed by atoms with Crippen LogP contribution in [0.25, 0.3) is 5.69 Å². The molecule has 1 heterocycles. The number of rotatable bonds is 8. The normalized spacial score (nSPS) is 11.6. The molecule has 26 heavy (non-hydrogen) atoms. The highest BCUT2D eigenvalue weighted by atomic mass is 16.6. The Morgan fingerprint density at radius 3 is 2.85 bits per heavy atom. The van der Waals surface area contributed by atoms with E-state index in [2.05, 4.69) is 22.2 Å². The monoisotopic (exact) mass is 359 g/mol. The molecular weight excluding hydrogens is 342 g/mol. The highest BCUT2D eigenvalue weighted by Gasteiger charge is 2.24. The number of aromatic nitrogens is 3. The third kappa shape index (κ3) is 4.09. The van der Waals surface area contributed by atoms with E-state index >= 15 is 0 Å². The highest BCUT2D eigenvalue weighted by Crippen LogP contribution is 2.18. The first-order valence-corrected chi connectivity index (χ1v) is 7.66. The molecule has 1 aromatic heterocycles. The molecule has 1 unspecified atom stereocenters. The minimum atomic E-state index is -1.16. The lowest BCUT2D eigenvalue weighted by Crippen LogP contribution is -2.41. The summed E-state index contributed by atoms with van der Waals surface area (Å²) in [6.45, 7) is 5.08. The Bertz CT molecular complexity index is 860. The third-order valence-electron chi connectivity index (χ3n) is 3.66. The number of carbonyl (C=O) groups is 2. The molecule has 1 atom stereocenters. The summed E-state index contributed by atoms with van der Waals surface area (Å²) >= 11 is 0. The maximum atomic E-state index is 12.3. The summed E-state index contributed by atoms with van der Waals surface area (Å²) in [6, 6.07) is 4.63. The highest BCUT2D eigenvalue weighted by molar-refractivity contribution is 5.95. The van der Waals surface area contributed by atoms with Crippen molar-refractivity contribution in [2.45, 2.75) is 25.8 Å². The zero-order valence-corrected chi connectivity index (χ0v) is 14.0. The summed E-state index contributed by atoms with van der Waals surface area (Å²) < 4.78 is 1.28. The summed E-state index contributed by atoms with van der Waals surface area (Å²) in [5.74, 6) is -1.85. The van der Waals surface area contributed by atoms with Gasteiger partial charge in [0.15, 0.2) is 5.69 Å². The van der Waals surface area contributed by atoms with Crippen LogP contribution in [0.4, 0.5) is 5.69 Å². The molecule has 2 aromatic rings. The van der Waals surface area contributed by atoms with E-state index in [1.807, 2.05) is 0 Å². The topological polar surface area (TPSA) is 140 Å². The largest absolute Gasteiger partial charge is 0.480 e. The van der Waals surface area contributed by atoms with Crippen molar-refractivity contribution in [1.82, 2.24) is 20.3 Å². The van der Waals surface area contributed by atoms with Crippen molar-refractivity contribution in [2.24, 2.45) is 0 Å². The molecule has 0 bridgehead atoms. The van der Waals surface area contributed by atoms with Crippen LogP contribution in [-0.4, -0.2) is 42.9 Å². The smallest absolute Gasteiger partial charge is 0.326 e. The van der Waals surface area contributed by atoms with Gasteiger partial charge in [-0.1, -0.05) is 17.4 Å². The molecule has 1 amide bonds. The van der Waals surface area contributed by atoms with Crippen LogP contribution in [-0.2, 0) is 4.79 Å². The van der Waals surface area contributed by atoms with Gasteiger partial charge in [-0.25, -0.2) is 9.48 Å². The van der Waals surface area contributed by atoms with Crippen LogP contribution < -0.4 is 5.32 Å². The molecule has 10 nitrogen and oxygen atoms in total. The molecule has 0 fully saturated rings. The number of non-ortho nitro benzene ring substituents is 1. The average molecular weight is 359 g/mol. The van der Waals surface area contributed by atoms with Crippen molar-refractivity contribution in [2.75, 3.05) is 0 Å². The van der Waals surface area contributed by atoms with Crippen molar-refractivity contribution < 1.29 is 19.6 Å². The summed E-state index contributed by atoms with van der Waals surface area (Å²) in [5.41, 5.74) is 0.515. The molecule has 136 valence electrons. The second kappa shape index (κ2) is 8.01. The van der Waals surface area contributed by atoms with Crippen LogP contribution in [0.3, 0.4) is 0 Å². The number of nitro benzene ring substituents is 1. The molecule has 2 N–H and O–H groups in total. The van der Waals surface area contributed by atoms with E-state index in [9.17, 15) is 24.8 Å². The standard InChI is InChI=1S/C16H17N5O5/c1-3-4-8-13(16(23)24)17-15(22)14-10(2)20(19-18-14)11-6-5-7-12(9-11)21(25)26/h3,5-7,9,13H,1,4,8H2,2H3,(H,17,22)(H,23,24). The van der Waals surface area contributed by atoms with Crippen molar-refractivity contribution in [3.63, 3.8) is 0 Å². The Labute approximate surface area is 148 Å². The Kier molecular flexibility index (Phi) is 5.78. The molecular formula is C16H17N5O5. The number of allylic oxidation sites excluding steroid dienone is 1. The molecule has 0 spiro atoms. The minimum absolute atomic E-state index is 0.0543. The summed E-state index contributed by atoms with van der Waals surface area (Å²) in [5, 5.41) is 30.1. The molecule has 10 heteroatoms. The summed E-state index contributed by atoms with van der Waals surface area (Å²) in [7, 11) is 0. The molecule has 0 saturated heterocycles. The second-order valence-electron chi connectivity index (χ2n) is 5.44. The fraction of sp³-hybridized carbons (Fsp3) is 0.250. The van der Waals surface area contributed by atoms with E-state index in [1.165, 1.54) is 22.9 Å². The Balaban J connectivity index is 2.26. The van der Waals surface area contributed by atoms with Gasteiger partial charge >= 0.3 is 5.97 Å². The van der Waals surface area contributed by atoms with Crippen LogP contribution in [0, 0.1) is 17.0 Å². The fourth-order valence-corrected chi connectivity index (χ4v) is 2.29. The van der Waals surface area contributed by atoms with Crippen LogP contribution in [0.15, 0.2) is 36.9 Å². The van der Waals surface area contributed by atoms with Crippen molar-refractivity contribution in [3.8, 4) is 5.69 Å². The van der Waals surface area contributed by atoms with Crippen LogP contribution in [0.2, 0.25) is 0 Å². The maximum Gasteiger partial charge on any atom is 0.326 e. The number of carboxylic acids is 1. The van der Waals surface area contributed by atoms with Crippen molar-refractivity contribution >= 4 is 17.6 Å². The Hall–Kier alpha value is -3.56. The van der Waals surface area contributed by atoms with Gasteiger partial charge < -0.3 is 10.4 Å². The van der Waals surface area contributed by atoms with Gasteiger partial charge in [-0.05, 0) is 25.8 Å². The van der Waals surface area contributed by atoms with Gasteiger partial charge in [0.05, 0.1) is 16.3 Å². The number of nitrogens with zero attached hydrogens (tertiary/aromatic N) is 4. The van der Waals surface area contributed by atoms with Gasteiger partial charge in [-0.15, -0.1) is 11.7 Å².